The highest BCUT2D eigenvalue weighted by Gasteiger charge is 2.09. The van der Waals surface area contributed by atoms with Crippen molar-refractivity contribution in [3.8, 4) is 6.07 Å². The summed E-state index contributed by atoms with van der Waals surface area (Å²) in [5.74, 6) is 0. The minimum atomic E-state index is -0.651. The van der Waals surface area contributed by atoms with E-state index in [1.807, 2.05) is 12.1 Å². The number of benzene rings is 1. The number of hydrogen-bond donors (Lipinski definition) is 1. The second kappa shape index (κ2) is 3.85. The standard InChI is InChI=1S/C11H8ClN3/c12-8-1-2-9-7(3-8)5-15-6-10(9)11(14)4-13/h1-3,5-6,11H,14H2. The molecule has 4 heteroatoms. The molecule has 2 N–H and O–H groups in total. The van der Waals surface area contributed by atoms with Gasteiger partial charge in [0, 0.05) is 28.4 Å². The molecular weight excluding hydrogens is 210 g/mol. The lowest BCUT2D eigenvalue weighted by Crippen LogP contribution is -2.08. The Morgan fingerprint density at radius 3 is 2.93 bits per heavy atom. The van der Waals surface area contributed by atoms with Gasteiger partial charge in [-0.2, -0.15) is 5.26 Å². The van der Waals surface area contributed by atoms with E-state index in [4.69, 9.17) is 22.6 Å². The van der Waals surface area contributed by atoms with Gasteiger partial charge >= 0.3 is 0 Å². The van der Waals surface area contributed by atoms with Gasteiger partial charge in [-0.3, -0.25) is 4.98 Å². The fraction of sp³-hybridized carbons (Fsp3) is 0.0909. The number of rotatable bonds is 1. The van der Waals surface area contributed by atoms with E-state index in [0.29, 0.717) is 5.02 Å². The quantitative estimate of drug-likeness (QED) is 0.798. The molecule has 0 bridgehead atoms. The van der Waals surface area contributed by atoms with Crippen LogP contribution in [0, 0.1) is 11.3 Å². The molecule has 0 amide bonds. The summed E-state index contributed by atoms with van der Waals surface area (Å²) in [6.07, 6.45) is 3.32. The Balaban J connectivity index is 2.72. The molecule has 3 nitrogen and oxygen atoms in total. The molecule has 0 spiro atoms. The average Bonchev–Trinajstić information content (AvgIpc) is 2.26. The summed E-state index contributed by atoms with van der Waals surface area (Å²) in [7, 11) is 0. The van der Waals surface area contributed by atoms with Crippen LogP contribution in [0.3, 0.4) is 0 Å². The second-order valence-corrected chi connectivity index (χ2v) is 3.64. The molecule has 0 aliphatic rings. The van der Waals surface area contributed by atoms with E-state index in [9.17, 15) is 0 Å². The SMILES string of the molecule is N#CC(N)c1cncc2cc(Cl)ccc12. The van der Waals surface area contributed by atoms with Gasteiger partial charge in [0.25, 0.3) is 0 Å². The molecule has 15 heavy (non-hydrogen) atoms. The van der Waals surface area contributed by atoms with E-state index in [2.05, 4.69) is 4.98 Å². The minimum absolute atomic E-state index is 0.645. The monoisotopic (exact) mass is 217 g/mol. The first-order valence-corrected chi connectivity index (χ1v) is 4.78. The predicted molar refractivity (Wildman–Crippen MR) is 59.3 cm³/mol. The molecule has 0 saturated heterocycles. The zero-order valence-corrected chi connectivity index (χ0v) is 8.57. The molecule has 1 heterocycles. The number of hydrogen-bond acceptors (Lipinski definition) is 3. The van der Waals surface area contributed by atoms with Crippen molar-refractivity contribution in [3.05, 3.63) is 41.2 Å². The minimum Gasteiger partial charge on any atom is -0.312 e. The molecular formula is C11H8ClN3. The van der Waals surface area contributed by atoms with Gasteiger partial charge in [-0.25, -0.2) is 0 Å². The summed E-state index contributed by atoms with van der Waals surface area (Å²) in [5.41, 5.74) is 6.39. The van der Waals surface area contributed by atoms with Gasteiger partial charge in [0.15, 0.2) is 0 Å². The number of nitrogens with zero attached hydrogens (tertiary/aromatic N) is 2. The van der Waals surface area contributed by atoms with Crippen LogP contribution in [0.1, 0.15) is 11.6 Å². The predicted octanol–water partition coefficient (Wildman–Crippen LogP) is 2.41. The molecule has 0 aliphatic carbocycles. The Bertz CT molecular complexity index is 545. The van der Waals surface area contributed by atoms with Crippen LogP contribution in [-0.2, 0) is 0 Å². The Kier molecular flexibility index (Phi) is 2.55. The smallest absolute Gasteiger partial charge is 0.120 e. The summed E-state index contributed by atoms with van der Waals surface area (Å²) in [4.78, 5) is 4.03. The van der Waals surface area contributed by atoms with Crippen LogP contribution < -0.4 is 5.73 Å². The van der Waals surface area contributed by atoms with E-state index < -0.39 is 6.04 Å². The van der Waals surface area contributed by atoms with Gasteiger partial charge in [0.1, 0.15) is 6.04 Å². The highest BCUT2D eigenvalue weighted by atomic mass is 35.5. The van der Waals surface area contributed by atoms with Crippen molar-refractivity contribution in [2.24, 2.45) is 5.73 Å². The summed E-state index contributed by atoms with van der Waals surface area (Å²) in [6.45, 7) is 0. The van der Waals surface area contributed by atoms with Gasteiger partial charge in [-0.15, -0.1) is 0 Å². The van der Waals surface area contributed by atoms with Gasteiger partial charge in [0.05, 0.1) is 6.07 Å². The van der Waals surface area contributed by atoms with Gasteiger partial charge in [-0.05, 0) is 17.5 Å². The largest absolute Gasteiger partial charge is 0.312 e. The first kappa shape index (κ1) is 9.91. The molecule has 0 saturated carbocycles. The molecule has 1 aromatic heterocycles. The number of fused-ring (bicyclic) bond motifs is 1. The normalized spacial score (nSPS) is 12.3. The van der Waals surface area contributed by atoms with Gasteiger partial charge in [-0.1, -0.05) is 17.7 Å². The Hall–Kier alpha value is -1.63. The average molecular weight is 218 g/mol. The maximum absolute atomic E-state index is 8.77. The van der Waals surface area contributed by atoms with Crippen LogP contribution in [0.15, 0.2) is 30.6 Å². The zero-order chi connectivity index (χ0) is 10.8. The van der Waals surface area contributed by atoms with Crippen LogP contribution in [0.5, 0.6) is 0 Å². The summed E-state index contributed by atoms with van der Waals surface area (Å²) >= 11 is 5.86. The number of halogens is 1. The van der Waals surface area contributed by atoms with Crippen molar-refractivity contribution in [1.29, 1.82) is 5.26 Å². The van der Waals surface area contributed by atoms with Crippen LogP contribution in [0.25, 0.3) is 10.8 Å². The topological polar surface area (TPSA) is 62.7 Å². The molecule has 1 atom stereocenters. The third-order valence-electron chi connectivity index (χ3n) is 2.23. The zero-order valence-electron chi connectivity index (χ0n) is 7.81. The summed E-state index contributed by atoms with van der Waals surface area (Å²) < 4.78 is 0. The molecule has 74 valence electrons. The van der Waals surface area contributed by atoms with E-state index in [1.165, 1.54) is 0 Å². The van der Waals surface area contributed by atoms with Crippen molar-refractivity contribution in [1.82, 2.24) is 4.98 Å². The Morgan fingerprint density at radius 1 is 1.40 bits per heavy atom. The molecule has 1 unspecified atom stereocenters. The van der Waals surface area contributed by atoms with Crippen LogP contribution in [-0.4, -0.2) is 4.98 Å². The molecule has 2 aromatic rings. The lowest BCUT2D eigenvalue weighted by molar-refractivity contribution is 0.927. The van der Waals surface area contributed by atoms with E-state index in [1.54, 1.807) is 24.5 Å². The lowest BCUT2D eigenvalue weighted by Gasteiger charge is -2.07. The van der Waals surface area contributed by atoms with Crippen LogP contribution in [0.4, 0.5) is 0 Å². The van der Waals surface area contributed by atoms with E-state index in [-0.39, 0.29) is 0 Å². The van der Waals surface area contributed by atoms with E-state index in [0.717, 1.165) is 16.3 Å². The maximum Gasteiger partial charge on any atom is 0.120 e. The van der Waals surface area contributed by atoms with Crippen molar-refractivity contribution >= 4 is 22.4 Å². The van der Waals surface area contributed by atoms with Crippen molar-refractivity contribution in [2.45, 2.75) is 6.04 Å². The second-order valence-electron chi connectivity index (χ2n) is 3.20. The fourth-order valence-electron chi connectivity index (χ4n) is 1.49. The highest BCUT2D eigenvalue weighted by Crippen LogP contribution is 2.24. The Labute approximate surface area is 92.1 Å². The Morgan fingerprint density at radius 2 is 2.20 bits per heavy atom. The van der Waals surface area contributed by atoms with Crippen molar-refractivity contribution in [3.63, 3.8) is 0 Å². The van der Waals surface area contributed by atoms with Crippen molar-refractivity contribution < 1.29 is 0 Å². The summed E-state index contributed by atoms with van der Waals surface area (Å²) in [5, 5.41) is 11.2. The molecule has 2 rings (SSSR count). The third-order valence-corrected chi connectivity index (χ3v) is 2.46. The fourth-order valence-corrected chi connectivity index (χ4v) is 1.67. The maximum atomic E-state index is 8.77. The number of aromatic nitrogens is 1. The first-order chi connectivity index (χ1) is 7.22. The molecule has 1 aromatic carbocycles. The van der Waals surface area contributed by atoms with Crippen molar-refractivity contribution in [2.75, 3.05) is 0 Å². The summed E-state index contributed by atoms with van der Waals surface area (Å²) in [6, 6.07) is 6.77. The van der Waals surface area contributed by atoms with Gasteiger partial charge in [0.2, 0.25) is 0 Å². The number of nitriles is 1. The van der Waals surface area contributed by atoms with Crippen LogP contribution in [0.2, 0.25) is 5.02 Å². The lowest BCUT2D eigenvalue weighted by atomic mass is 10.0. The third kappa shape index (κ3) is 1.78. The molecule has 0 radical (unpaired) electrons. The highest BCUT2D eigenvalue weighted by molar-refractivity contribution is 6.31. The molecule has 0 fully saturated rings. The number of nitrogens with two attached hydrogens (primary N) is 1. The number of pyridine rings is 1. The molecule has 0 aliphatic heterocycles. The first-order valence-electron chi connectivity index (χ1n) is 4.41. The van der Waals surface area contributed by atoms with Gasteiger partial charge < -0.3 is 5.73 Å². The van der Waals surface area contributed by atoms with Crippen LogP contribution >= 0.6 is 11.6 Å². The van der Waals surface area contributed by atoms with E-state index >= 15 is 0 Å².